The first-order valence-corrected chi connectivity index (χ1v) is 7.89. The van der Waals surface area contributed by atoms with E-state index in [1.165, 1.54) is 10.5 Å². The summed E-state index contributed by atoms with van der Waals surface area (Å²) < 4.78 is 5.80. The molecule has 0 aromatic heterocycles. The molecule has 0 bridgehead atoms. The summed E-state index contributed by atoms with van der Waals surface area (Å²) in [6.07, 6.45) is 0.894. The van der Waals surface area contributed by atoms with Gasteiger partial charge in [0.05, 0.1) is 18.8 Å². The van der Waals surface area contributed by atoms with Crippen LogP contribution < -0.4 is 0 Å². The zero-order valence-electron chi connectivity index (χ0n) is 12.9. The third-order valence-electron chi connectivity index (χ3n) is 4.42. The first-order chi connectivity index (χ1) is 10.6. The molecule has 5 nitrogen and oxygen atoms in total. The molecule has 2 amide bonds. The summed E-state index contributed by atoms with van der Waals surface area (Å²) in [6.45, 7) is 4.70. The predicted molar refractivity (Wildman–Crippen MR) is 82.1 cm³/mol. The van der Waals surface area contributed by atoms with Gasteiger partial charge in [-0.25, -0.2) is 0 Å². The van der Waals surface area contributed by atoms with Crippen molar-refractivity contribution in [1.82, 2.24) is 9.80 Å². The van der Waals surface area contributed by atoms with Crippen molar-refractivity contribution in [3.63, 3.8) is 0 Å². The maximum absolute atomic E-state index is 11.7. The van der Waals surface area contributed by atoms with Gasteiger partial charge in [0, 0.05) is 32.5 Å². The Hall–Kier alpha value is -1.72. The Morgan fingerprint density at radius 3 is 2.45 bits per heavy atom. The minimum Gasteiger partial charge on any atom is -0.375 e. The molecule has 2 fully saturated rings. The number of hydrogen-bond acceptors (Lipinski definition) is 4. The van der Waals surface area contributed by atoms with Gasteiger partial charge in [-0.15, -0.1) is 0 Å². The lowest BCUT2D eigenvalue weighted by molar-refractivity contribution is -0.139. The molecular formula is C17H22N2O3. The van der Waals surface area contributed by atoms with Crippen LogP contribution in [-0.4, -0.2) is 54.0 Å². The zero-order valence-corrected chi connectivity index (χ0v) is 12.9. The lowest BCUT2D eigenvalue weighted by Crippen LogP contribution is -2.47. The Morgan fingerprint density at radius 2 is 1.77 bits per heavy atom. The SMILES string of the molecule is C[C@@H]1CN(CCN2C(=O)CCC2=O)[C@@H](c2ccccc2)CO1. The molecular weight excluding hydrogens is 280 g/mol. The normalized spacial score (nSPS) is 26.7. The summed E-state index contributed by atoms with van der Waals surface area (Å²) in [5.41, 5.74) is 1.22. The molecule has 1 aromatic rings. The number of morpholine rings is 1. The third kappa shape index (κ3) is 3.20. The van der Waals surface area contributed by atoms with Gasteiger partial charge >= 0.3 is 0 Å². The molecule has 2 saturated heterocycles. The van der Waals surface area contributed by atoms with E-state index in [1.807, 2.05) is 18.2 Å². The number of ether oxygens (including phenoxy) is 1. The highest BCUT2D eigenvalue weighted by Crippen LogP contribution is 2.26. The number of benzene rings is 1. The van der Waals surface area contributed by atoms with Crippen LogP contribution in [0.15, 0.2) is 30.3 Å². The van der Waals surface area contributed by atoms with Gasteiger partial charge in [0.2, 0.25) is 11.8 Å². The standard InChI is InChI=1S/C17H22N2O3/c1-13-11-18(9-10-19-16(20)7-8-17(19)21)15(12-22-13)14-5-3-2-4-6-14/h2-6,13,15H,7-12H2,1H3/t13-,15-/m1/s1. The molecule has 0 radical (unpaired) electrons. The average molecular weight is 302 g/mol. The summed E-state index contributed by atoms with van der Waals surface area (Å²) in [6, 6.07) is 10.4. The highest BCUT2D eigenvalue weighted by atomic mass is 16.5. The molecule has 2 atom stereocenters. The molecule has 1 aromatic carbocycles. The highest BCUT2D eigenvalue weighted by molar-refractivity contribution is 6.01. The summed E-state index contributed by atoms with van der Waals surface area (Å²) in [4.78, 5) is 27.2. The van der Waals surface area contributed by atoms with Crippen LogP contribution in [0, 0.1) is 0 Å². The zero-order chi connectivity index (χ0) is 15.5. The van der Waals surface area contributed by atoms with Gasteiger partial charge < -0.3 is 4.74 Å². The Labute approximate surface area is 130 Å². The maximum atomic E-state index is 11.7. The van der Waals surface area contributed by atoms with E-state index in [0.717, 1.165) is 6.54 Å². The molecule has 0 unspecified atom stereocenters. The van der Waals surface area contributed by atoms with Crippen LogP contribution in [-0.2, 0) is 14.3 Å². The molecule has 0 spiro atoms. The Kier molecular flexibility index (Phi) is 4.55. The maximum Gasteiger partial charge on any atom is 0.229 e. The molecule has 0 aliphatic carbocycles. The minimum absolute atomic E-state index is 0.0393. The first-order valence-electron chi connectivity index (χ1n) is 7.89. The van der Waals surface area contributed by atoms with Crippen molar-refractivity contribution < 1.29 is 14.3 Å². The third-order valence-corrected chi connectivity index (χ3v) is 4.42. The largest absolute Gasteiger partial charge is 0.375 e. The van der Waals surface area contributed by atoms with Crippen molar-refractivity contribution in [2.75, 3.05) is 26.2 Å². The van der Waals surface area contributed by atoms with Crippen molar-refractivity contribution in [2.45, 2.75) is 31.9 Å². The summed E-state index contributed by atoms with van der Waals surface area (Å²) >= 11 is 0. The van der Waals surface area contributed by atoms with E-state index in [1.54, 1.807) is 0 Å². The average Bonchev–Trinajstić information content (AvgIpc) is 2.85. The second-order valence-electron chi connectivity index (χ2n) is 6.00. The fraction of sp³-hybridized carbons (Fsp3) is 0.529. The lowest BCUT2D eigenvalue weighted by atomic mass is 10.0. The molecule has 2 aliphatic heterocycles. The number of nitrogens with zero attached hydrogens (tertiary/aromatic N) is 2. The van der Waals surface area contributed by atoms with Crippen molar-refractivity contribution in [3.8, 4) is 0 Å². The molecule has 118 valence electrons. The summed E-state index contributed by atoms with van der Waals surface area (Å²) in [5, 5.41) is 0. The number of amides is 2. The van der Waals surface area contributed by atoms with Gasteiger partial charge in [-0.3, -0.25) is 19.4 Å². The molecule has 0 N–H and O–H groups in total. The van der Waals surface area contributed by atoms with E-state index in [0.29, 0.717) is 32.5 Å². The van der Waals surface area contributed by atoms with Crippen molar-refractivity contribution >= 4 is 11.8 Å². The number of imide groups is 1. The van der Waals surface area contributed by atoms with E-state index >= 15 is 0 Å². The van der Waals surface area contributed by atoms with Crippen LogP contribution in [0.3, 0.4) is 0 Å². The fourth-order valence-corrected chi connectivity index (χ4v) is 3.20. The molecule has 5 heteroatoms. The number of carbonyl (C=O) groups is 2. The van der Waals surface area contributed by atoms with E-state index < -0.39 is 0 Å². The van der Waals surface area contributed by atoms with E-state index in [4.69, 9.17) is 4.74 Å². The summed E-state index contributed by atoms with van der Waals surface area (Å²) in [5.74, 6) is -0.0786. The molecule has 2 heterocycles. The Bertz CT molecular complexity index is 530. The topological polar surface area (TPSA) is 49.9 Å². The van der Waals surface area contributed by atoms with Crippen LogP contribution >= 0.6 is 0 Å². The Morgan fingerprint density at radius 1 is 1.09 bits per heavy atom. The number of likely N-dealkylation sites (tertiary alicyclic amines) is 1. The van der Waals surface area contributed by atoms with Crippen LogP contribution in [0.2, 0.25) is 0 Å². The van der Waals surface area contributed by atoms with Crippen molar-refractivity contribution in [3.05, 3.63) is 35.9 Å². The van der Waals surface area contributed by atoms with Crippen LogP contribution in [0.4, 0.5) is 0 Å². The number of carbonyl (C=O) groups excluding carboxylic acids is 2. The lowest BCUT2D eigenvalue weighted by Gasteiger charge is -2.39. The van der Waals surface area contributed by atoms with E-state index in [-0.39, 0.29) is 24.0 Å². The van der Waals surface area contributed by atoms with Crippen LogP contribution in [0.25, 0.3) is 0 Å². The first kappa shape index (κ1) is 15.2. The molecule has 0 saturated carbocycles. The van der Waals surface area contributed by atoms with Gasteiger partial charge in [0.15, 0.2) is 0 Å². The number of rotatable bonds is 4. The van der Waals surface area contributed by atoms with Crippen molar-refractivity contribution in [1.29, 1.82) is 0 Å². The van der Waals surface area contributed by atoms with Gasteiger partial charge in [0.25, 0.3) is 0 Å². The second kappa shape index (κ2) is 6.58. The van der Waals surface area contributed by atoms with Gasteiger partial charge in [-0.1, -0.05) is 30.3 Å². The molecule has 22 heavy (non-hydrogen) atoms. The van der Waals surface area contributed by atoms with Gasteiger partial charge in [-0.05, 0) is 12.5 Å². The van der Waals surface area contributed by atoms with E-state index in [2.05, 4.69) is 24.0 Å². The highest BCUT2D eigenvalue weighted by Gasteiger charge is 2.32. The van der Waals surface area contributed by atoms with Crippen molar-refractivity contribution in [2.24, 2.45) is 0 Å². The quantitative estimate of drug-likeness (QED) is 0.793. The predicted octanol–water partition coefficient (Wildman–Crippen LogP) is 1.60. The smallest absolute Gasteiger partial charge is 0.229 e. The number of hydrogen-bond donors (Lipinski definition) is 0. The monoisotopic (exact) mass is 302 g/mol. The van der Waals surface area contributed by atoms with Gasteiger partial charge in [-0.2, -0.15) is 0 Å². The van der Waals surface area contributed by atoms with E-state index in [9.17, 15) is 9.59 Å². The van der Waals surface area contributed by atoms with Crippen LogP contribution in [0.1, 0.15) is 31.4 Å². The molecule has 3 rings (SSSR count). The molecule has 2 aliphatic rings. The fourth-order valence-electron chi connectivity index (χ4n) is 3.20. The second-order valence-corrected chi connectivity index (χ2v) is 6.00. The van der Waals surface area contributed by atoms with Gasteiger partial charge in [0.1, 0.15) is 0 Å². The summed E-state index contributed by atoms with van der Waals surface area (Å²) in [7, 11) is 0. The minimum atomic E-state index is -0.0393. The van der Waals surface area contributed by atoms with Crippen LogP contribution in [0.5, 0.6) is 0 Å². The Balaban J connectivity index is 1.68.